The minimum atomic E-state index is 0.754. The number of benzene rings is 1. The summed E-state index contributed by atoms with van der Waals surface area (Å²) in [5, 5.41) is 3.59. The molecular formula is C15H22N2O. The van der Waals surface area contributed by atoms with Crippen LogP contribution in [0.2, 0.25) is 0 Å². The fourth-order valence-corrected chi connectivity index (χ4v) is 2.50. The molecule has 2 aliphatic rings. The Morgan fingerprint density at radius 1 is 1.22 bits per heavy atom. The molecule has 0 spiro atoms. The Morgan fingerprint density at radius 2 is 1.89 bits per heavy atom. The summed E-state index contributed by atoms with van der Waals surface area (Å²) in [6.07, 6.45) is 1.34. The van der Waals surface area contributed by atoms with Gasteiger partial charge >= 0.3 is 0 Å². The Bertz CT molecular complexity index is 384. The van der Waals surface area contributed by atoms with Gasteiger partial charge < -0.3 is 15.0 Å². The van der Waals surface area contributed by atoms with E-state index in [0.717, 1.165) is 44.8 Å². The maximum atomic E-state index is 5.38. The van der Waals surface area contributed by atoms with Gasteiger partial charge in [0, 0.05) is 31.4 Å². The highest BCUT2D eigenvalue weighted by Crippen LogP contribution is 2.29. The van der Waals surface area contributed by atoms with Crippen LogP contribution in [0.4, 0.5) is 5.69 Å². The molecule has 2 unspecified atom stereocenters. The summed E-state index contributed by atoms with van der Waals surface area (Å²) in [4.78, 5) is 2.39. The quantitative estimate of drug-likeness (QED) is 0.879. The third kappa shape index (κ3) is 2.85. The normalized spacial score (nSPS) is 27.3. The van der Waals surface area contributed by atoms with Gasteiger partial charge in [-0.1, -0.05) is 19.1 Å². The monoisotopic (exact) mass is 246 g/mol. The Morgan fingerprint density at radius 3 is 2.50 bits per heavy atom. The molecule has 0 radical (unpaired) electrons. The predicted octanol–water partition coefficient (Wildman–Crippen LogP) is 2.02. The lowest BCUT2D eigenvalue weighted by atomic mass is 10.2. The lowest BCUT2D eigenvalue weighted by Crippen LogP contribution is -2.36. The highest BCUT2D eigenvalue weighted by atomic mass is 16.5. The molecule has 98 valence electrons. The van der Waals surface area contributed by atoms with Gasteiger partial charge in [-0.05, 0) is 30.0 Å². The van der Waals surface area contributed by atoms with Crippen LogP contribution in [0.1, 0.15) is 18.9 Å². The van der Waals surface area contributed by atoms with Crippen molar-refractivity contribution in [3.8, 4) is 0 Å². The molecule has 0 aromatic heterocycles. The summed E-state index contributed by atoms with van der Waals surface area (Å²) in [6.45, 7) is 7.03. The van der Waals surface area contributed by atoms with E-state index in [-0.39, 0.29) is 0 Å². The van der Waals surface area contributed by atoms with Crippen LogP contribution < -0.4 is 10.2 Å². The van der Waals surface area contributed by atoms with Crippen LogP contribution in [0.15, 0.2) is 24.3 Å². The fraction of sp³-hybridized carbons (Fsp3) is 0.600. The average molecular weight is 246 g/mol. The summed E-state index contributed by atoms with van der Waals surface area (Å²) >= 11 is 0. The van der Waals surface area contributed by atoms with Gasteiger partial charge in [-0.3, -0.25) is 0 Å². The van der Waals surface area contributed by atoms with E-state index >= 15 is 0 Å². The number of nitrogens with one attached hydrogen (secondary N) is 1. The topological polar surface area (TPSA) is 24.5 Å². The van der Waals surface area contributed by atoms with Gasteiger partial charge in [-0.2, -0.15) is 0 Å². The predicted molar refractivity (Wildman–Crippen MR) is 73.9 cm³/mol. The molecule has 3 rings (SSSR count). The fourth-order valence-electron chi connectivity index (χ4n) is 2.50. The first-order valence-electron chi connectivity index (χ1n) is 6.98. The first-order chi connectivity index (χ1) is 8.83. The molecule has 1 aliphatic heterocycles. The van der Waals surface area contributed by atoms with Gasteiger partial charge in [-0.15, -0.1) is 0 Å². The minimum absolute atomic E-state index is 0.754. The third-order valence-electron chi connectivity index (χ3n) is 3.99. The summed E-state index contributed by atoms with van der Waals surface area (Å²) in [6, 6.07) is 9.71. The van der Waals surface area contributed by atoms with Crippen LogP contribution in [-0.4, -0.2) is 32.3 Å². The van der Waals surface area contributed by atoms with E-state index in [1.54, 1.807) is 0 Å². The van der Waals surface area contributed by atoms with Crippen LogP contribution in [0.3, 0.4) is 0 Å². The van der Waals surface area contributed by atoms with Crippen LogP contribution in [0.5, 0.6) is 0 Å². The van der Waals surface area contributed by atoms with Crippen LogP contribution in [0.25, 0.3) is 0 Å². The van der Waals surface area contributed by atoms with Crippen molar-refractivity contribution in [2.75, 3.05) is 31.2 Å². The van der Waals surface area contributed by atoms with Crippen LogP contribution in [-0.2, 0) is 11.3 Å². The first kappa shape index (κ1) is 12.0. The Labute approximate surface area is 109 Å². The minimum Gasteiger partial charge on any atom is -0.378 e. The van der Waals surface area contributed by atoms with Crippen LogP contribution in [0, 0.1) is 5.92 Å². The zero-order chi connectivity index (χ0) is 12.4. The standard InChI is InChI=1S/C15H22N2O/c1-12-10-15(12)16-11-13-2-4-14(5-3-13)17-6-8-18-9-7-17/h2-5,12,15-16H,6-11H2,1H3. The van der Waals surface area contributed by atoms with Gasteiger partial charge in [0.1, 0.15) is 0 Å². The number of hydrogen-bond acceptors (Lipinski definition) is 3. The molecule has 1 saturated heterocycles. The molecule has 2 atom stereocenters. The number of morpholine rings is 1. The summed E-state index contributed by atoms with van der Waals surface area (Å²) in [7, 11) is 0. The molecule has 1 heterocycles. The molecule has 1 saturated carbocycles. The van der Waals surface area contributed by atoms with Gasteiger partial charge in [0.15, 0.2) is 0 Å². The maximum Gasteiger partial charge on any atom is 0.0642 e. The van der Waals surface area contributed by atoms with Crippen molar-refractivity contribution in [1.29, 1.82) is 0 Å². The molecule has 0 bridgehead atoms. The molecule has 18 heavy (non-hydrogen) atoms. The number of anilines is 1. The average Bonchev–Trinajstić information content (AvgIpc) is 3.14. The molecule has 1 aromatic rings. The SMILES string of the molecule is CC1CC1NCc1ccc(N2CCOCC2)cc1. The molecular weight excluding hydrogens is 224 g/mol. The molecule has 1 aliphatic carbocycles. The molecule has 2 fully saturated rings. The third-order valence-corrected chi connectivity index (χ3v) is 3.99. The molecule has 1 N–H and O–H groups in total. The number of rotatable bonds is 4. The van der Waals surface area contributed by atoms with E-state index in [0.29, 0.717) is 0 Å². The largest absolute Gasteiger partial charge is 0.378 e. The summed E-state index contributed by atoms with van der Waals surface area (Å²) in [5.41, 5.74) is 2.70. The lowest BCUT2D eigenvalue weighted by molar-refractivity contribution is 0.122. The Hall–Kier alpha value is -1.06. The van der Waals surface area contributed by atoms with Gasteiger partial charge in [0.25, 0.3) is 0 Å². The van der Waals surface area contributed by atoms with Crippen LogP contribution >= 0.6 is 0 Å². The van der Waals surface area contributed by atoms with Crippen molar-refractivity contribution in [1.82, 2.24) is 5.32 Å². The van der Waals surface area contributed by atoms with Crippen molar-refractivity contribution in [3.63, 3.8) is 0 Å². The second-order valence-electron chi connectivity index (χ2n) is 5.47. The van der Waals surface area contributed by atoms with Crippen molar-refractivity contribution in [3.05, 3.63) is 29.8 Å². The lowest BCUT2D eigenvalue weighted by Gasteiger charge is -2.28. The molecule has 3 heteroatoms. The second-order valence-corrected chi connectivity index (χ2v) is 5.47. The van der Waals surface area contributed by atoms with E-state index in [9.17, 15) is 0 Å². The molecule has 3 nitrogen and oxygen atoms in total. The summed E-state index contributed by atoms with van der Waals surface area (Å²) in [5.74, 6) is 0.873. The second kappa shape index (κ2) is 5.29. The van der Waals surface area contributed by atoms with E-state index in [4.69, 9.17) is 4.74 Å². The van der Waals surface area contributed by atoms with E-state index in [1.165, 1.54) is 17.7 Å². The number of nitrogens with zero attached hydrogens (tertiary/aromatic N) is 1. The molecule has 0 amide bonds. The van der Waals surface area contributed by atoms with Gasteiger partial charge in [0.2, 0.25) is 0 Å². The van der Waals surface area contributed by atoms with E-state index < -0.39 is 0 Å². The number of hydrogen-bond donors (Lipinski definition) is 1. The van der Waals surface area contributed by atoms with Crippen molar-refractivity contribution in [2.45, 2.75) is 25.9 Å². The van der Waals surface area contributed by atoms with Gasteiger partial charge in [0.05, 0.1) is 13.2 Å². The number of ether oxygens (including phenoxy) is 1. The van der Waals surface area contributed by atoms with Crippen molar-refractivity contribution in [2.24, 2.45) is 5.92 Å². The van der Waals surface area contributed by atoms with E-state index in [2.05, 4.69) is 41.4 Å². The zero-order valence-corrected chi connectivity index (χ0v) is 11.1. The van der Waals surface area contributed by atoms with Crippen molar-refractivity contribution >= 4 is 5.69 Å². The first-order valence-corrected chi connectivity index (χ1v) is 6.98. The zero-order valence-electron chi connectivity index (χ0n) is 11.1. The van der Waals surface area contributed by atoms with Gasteiger partial charge in [-0.25, -0.2) is 0 Å². The highest BCUT2D eigenvalue weighted by Gasteiger charge is 2.31. The molecule has 1 aromatic carbocycles. The maximum absolute atomic E-state index is 5.38. The Kier molecular flexibility index (Phi) is 3.52. The van der Waals surface area contributed by atoms with E-state index in [1.807, 2.05) is 0 Å². The van der Waals surface area contributed by atoms with Crippen molar-refractivity contribution < 1.29 is 4.74 Å². The Balaban J connectivity index is 1.54. The smallest absolute Gasteiger partial charge is 0.0642 e. The highest BCUT2D eigenvalue weighted by molar-refractivity contribution is 5.47. The summed E-state index contributed by atoms with van der Waals surface area (Å²) < 4.78 is 5.38.